The molecule has 0 aromatic heterocycles. The second kappa shape index (κ2) is 6.42. The lowest BCUT2D eigenvalue weighted by Gasteiger charge is -2.11. The van der Waals surface area contributed by atoms with E-state index in [1.165, 1.54) is 12.8 Å². The minimum atomic E-state index is 0.366. The van der Waals surface area contributed by atoms with Crippen LogP contribution in [0.3, 0.4) is 0 Å². The summed E-state index contributed by atoms with van der Waals surface area (Å²) < 4.78 is 0. The number of alkyl halides is 1. The molecule has 0 radical (unpaired) electrons. The number of carbonyl (C=O) groups excluding carboxylic acids is 1. The Hall–Kier alpha value is -0.0400. The van der Waals surface area contributed by atoms with Crippen LogP contribution in [0.25, 0.3) is 0 Å². The minimum Gasteiger partial charge on any atom is -0.299 e. The molecule has 0 aliphatic heterocycles. The van der Waals surface area contributed by atoms with Crippen LogP contribution in [-0.4, -0.2) is 11.7 Å². The normalized spacial score (nSPS) is 24.4. The van der Waals surface area contributed by atoms with Crippen LogP contribution in [0.2, 0.25) is 0 Å². The molecule has 1 fully saturated rings. The molecule has 76 valence electrons. The van der Waals surface area contributed by atoms with Gasteiger partial charge in [-0.15, -0.1) is 11.6 Å². The topological polar surface area (TPSA) is 17.1 Å². The highest BCUT2D eigenvalue weighted by atomic mass is 35.5. The number of carbonyl (C=O) groups is 1. The van der Waals surface area contributed by atoms with E-state index in [1.807, 2.05) is 0 Å². The summed E-state index contributed by atoms with van der Waals surface area (Å²) >= 11 is 5.60. The maximum atomic E-state index is 11.6. The number of hydrogen-bond acceptors (Lipinski definition) is 1. The van der Waals surface area contributed by atoms with Crippen LogP contribution in [-0.2, 0) is 4.79 Å². The van der Waals surface area contributed by atoms with Crippen LogP contribution < -0.4 is 0 Å². The van der Waals surface area contributed by atoms with Gasteiger partial charge in [0.2, 0.25) is 0 Å². The lowest BCUT2D eigenvalue weighted by molar-refractivity contribution is -0.122. The van der Waals surface area contributed by atoms with Gasteiger partial charge in [-0.1, -0.05) is 19.3 Å². The van der Waals surface area contributed by atoms with Gasteiger partial charge in [0.05, 0.1) is 0 Å². The third-order valence-corrected chi connectivity index (χ3v) is 3.13. The number of unbranched alkanes of at least 4 members (excludes halogenated alkanes) is 1. The molecule has 1 aliphatic carbocycles. The molecule has 0 amide bonds. The zero-order valence-corrected chi connectivity index (χ0v) is 8.98. The second-order valence-corrected chi connectivity index (χ2v) is 4.33. The van der Waals surface area contributed by atoms with Gasteiger partial charge in [-0.05, 0) is 25.7 Å². The first kappa shape index (κ1) is 11.0. The van der Waals surface area contributed by atoms with Crippen LogP contribution in [0.5, 0.6) is 0 Å². The lowest BCUT2D eigenvalue weighted by atomic mass is 9.93. The van der Waals surface area contributed by atoms with Crippen LogP contribution in [0.4, 0.5) is 0 Å². The van der Waals surface area contributed by atoms with E-state index in [1.54, 1.807) is 0 Å². The van der Waals surface area contributed by atoms with Crippen molar-refractivity contribution in [3.63, 3.8) is 0 Å². The molecule has 1 aliphatic rings. The zero-order chi connectivity index (χ0) is 9.52. The molecule has 0 aromatic carbocycles. The standard InChI is InChI=1S/C11H19ClO/c12-9-5-4-7-10-6-2-1-3-8-11(10)13/h10H,1-9H2/t10-/m1/s1. The monoisotopic (exact) mass is 202 g/mol. The quantitative estimate of drug-likeness (QED) is 0.387. The molecule has 1 rings (SSSR count). The van der Waals surface area contributed by atoms with Crippen molar-refractivity contribution >= 4 is 17.4 Å². The summed E-state index contributed by atoms with van der Waals surface area (Å²) in [6.07, 6.45) is 8.82. The number of hydrogen-bond donors (Lipinski definition) is 0. The first-order valence-electron chi connectivity index (χ1n) is 5.43. The summed E-state index contributed by atoms with van der Waals surface area (Å²) in [5.74, 6) is 1.61. The fourth-order valence-corrected chi connectivity index (χ4v) is 2.21. The molecule has 0 heterocycles. The van der Waals surface area contributed by atoms with E-state index in [0.29, 0.717) is 11.7 Å². The Kier molecular flexibility index (Phi) is 5.45. The highest BCUT2D eigenvalue weighted by molar-refractivity contribution is 6.17. The van der Waals surface area contributed by atoms with E-state index in [-0.39, 0.29) is 0 Å². The van der Waals surface area contributed by atoms with Gasteiger partial charge in [-0.3, -0.25) is 4.79 Å². The summed E-state index contributed by atoms with van der Waals surface area (Å²) in [5.41, 5.74) is 0. The summed E-state index contributed by atoms with van der Waals surface area (Å²) in [6.45, 7) is 0. The van der Waals surface area contributed by atoms with Crippen LogP contribution in [0, 0.1) is 5.92 Å². The van der Waals surface area contributed by atoms with Crippen molar-refractivity contribution < 1.29 is 4.79 Å². The van der Waals surface area contributed by atoms with Crippen molar-refractivity contribution in [2.24, 2.45) is 5.92 Å². The van der Waals surface area contributed by atoms with Gasteiger partial charge in [0.15, 0.2) is 0 Å². The number of rotatable bonds is 4. The number of Topliss-reactive ketones (excluding diaryl/α,β-unsaturated/α-hetero) is 1. The zero-order valence-electron chi connectivity index (χ0n) is 8.23. The molecule has 1 saturated carbocycles. The SMILES string of the molecule is O=C1CCCCC[C@@H]1CCCCCl. The molecule has 0 bridgehead atoms. The van der Waals surface area contributed by atoms with Crippen molar-refractivity contribution in [2.45, 2.75) is 51.4 Å². The highest BCUT2D eigenvalue weighted by Crippen LogP contribution is 2.24. The minimum absolute atomic E-state index is 0.366. The van der Waals surface area contributed by atoms with Gasteiger partial charge in [0.1, 0.15) is 5.78 Å². The smallest absolute Gasteiger partial charge is 0.135 e. The predicted molar refractivity (Wildman–Crippen MR) is 56.2 cm³/mol. The molecule has 0 unspecified atom stereocenters. The maximum absolute atomic E-state index is 11.6. The van der Waals surface area contributed by atoms with Crippen LogP contribution >= 0.6 is 11.6 Å². The number of ketones is 1. The fourth-order valence-electron chi connectivity index (χ4n) is 2.02. The fraction of sp³-hybridized carbons (Fsp3) is 0.909. The molecule has 13 heavy (non-hydrogen) atoms. The molecule has 1 atom stereocenters. The maximum Gasteiger partial charge on any atom is 0.135 e. The van der Waals surface area contributed by atoms with Gasteiger partial charge >= 0.3 is 0 Å². The molecule has 0 N–H and O–H groups in total. The van der Waals surface area contributed by atoms with Gasteiger partial charge in [0, 0.05) is 18.2 Å². The number of halogens is 1. The Morgan fingerprint density at radius 2 is 2.08 bits per heavy atom. The van der Waals surface area contributed by atoms with Crippen LogP contribution in [0.1, 0.15) is 51.4 Å². The van der Waals surface area contributed by atoms with Crippen molar-refractivity contribution in [1.82, 2.24) is 0 Å². The summed E-state index contributed by atoms with van der Waals surface area (Å²) in [5, 5.41) is 0. The van der Waals surface area contributed by atoms with Gasteiger partial charge < -0.3 is 0 Å². The van der Waals surface area contributed by atoms with E-state index < -0.39 is 0 Å². The lowest BCUT2D eigenvalue weighted by Crippen LogP contribution is -2.12. The van der Waals surface area contributed by atoms with E-state index in [4.69, 9.17) is 11.6 Å². The van der Waals surface area contributed by atoms with Crippen molar-refractivity contribution in [3.05, 3.63) is 0 Å². The molecule has 0 saturated heterocycles. The predicted octanol–water partition coefficient (Wildman–Crippen LogP) is 3.54. The Labute approximate surface area is 85.8 Å². The molecular formula is C11H19ClO. The average Bonchev–Trinajstić information content (AvgIpc) is 2.32. The van der Waals surface area contributed by atoms with Crippen LogP contribution in [0.15, 0.2) is 0 Å². The van der Waals surface area contributed by atoms with Crippen molar-refractivity contribution in [2.75, 3.05) is 5.88 Å². The Balaban J connectivity index is 2.24. The molecule has 1 nitrogen and oxygen atoms in total. The summed E-state index contributed by atoms with van der Waals surface area (Å²) in [4.78, 5) is 11.6. The third-order valence-electron chi connectivity index (χ3n) is 2.87. The first-order chi connectivity index (χ1) is 6.34. The van der Waals surface area contributed by atoms with E-state index >= 15 is 0 Å². The van der Waals surface area contributed by atoms with E-state index in [0.717, 1.165) is 44.4 Å². The third kappa shape index (κ3) is 4.12. The van der Waals surface area contributed by atoms with Gasteiger partial charge in [0.25, 0.3) is 0 Å². The molecule has 0 spiro atoms. The van der Waals surface area contributed by atoms with Crippen molar-refractivity contribution in [1.29, 1.82) is 0 Å². The van der Waals surface area contributed by atoms with Crippen molar-refractivity contribution in [3.8, 4) is 0 Å². The van der Waals surface area contributed by atoms with Gasteiger partial charge in [-0.2, -0.15) is 0 Å². The molecule has 0 aromatic rings. The highest BCUT2D eigenvalue weighted by Gasteiger charge is 2.19. The Morgan fingerprint density at radius 3 is 2.85 bits per heavy atom. The Bertz CT molecular complexity index is 156. The molecule has 2 heteroatoms. The average molecular weight is 203 g/mol. The summed E-state index contributed by atoms with van der Waals surface area (Å²) in [6, 6.07) is 0. The van der Waals surface area contributed by atoms with E-state index in [2.05, 4.69) is 0 Å². The first-order valence-corrected chi connectivity index (χ1v) is 5.96. The Morgan fingerprint density at radius 1 is 1.23 bits per heavy atom. The largest absolute Gasteiger partial charge is 0.299 e. The second-order valence-electron chi connectivity index (χ2n) is 3.95. The van der Waals surface area contributed by atoms with Gasteiger partial charge in [-0.25, -0.2) is 0 Å². The van der Waals surface area contributed by atoms with E-state index in [9.17, 15) is 4.79 Å². The molecular weight excluding hydrogens is 184 g/mol. The summed E-state index contributed by atoms with van der Waals surface area (Å²) in [7, 11) is 0.